The van der Waals surface area contributed by atoms with Gasteiger partial charge in [-0.1, -0.05) is 48.5 Å². The molecular formula is C29H28FN3O2. The topological polar surface area (TPSA) is 47.4 Å². The third-order valence-corrected chi connectivity index (χ3v) is 6.46. The van der Waals surface area contributed by atoms with E-state index >= 15 is 0 Å². The average Bonchev–Trinajstić information content (AvgIpc) is 3.42. The highest BCUT2D eigenvalue weighted by molar-refractivity contribution is 5.81. The molecule has 0 spiro atoms. The number of amides is 1. The summed E-state index contributed by atoms with van der Waals surface area (Å²) >= 11 is 0. The second-order valence-corrected chi connectivity index (χ2v) is 8.86. The van der Waals surface area contributed by atoms with Gasteiger partial charge in [-0.25, -0.2) is 9.37 Å². The maximum atomic E-state index is 13.3. The molecule has 1 aliphatic rings. The van der Waals surface area contributed by atoms with Gasteiger partial charge in [0.25, 0.3) is 0 Å². The monoisotopic (exact) mass is 469 g/mol. The fraction of sp³-hybridized carbons (Fsp3) is 0.241. The molecular weight excluding hydrogens is 441 g/mol. The van der Waals surface area contributed by atoms with Crippen LogP contribution in [0.1, 0.15) is 29.3 Å². The second kappa shape index (κ2) is 10.1. The molecule has 0 N–H and O–H groups in total. The summed E-state index contributed by atoms with van der Waals surface area (Å²) in [6, 6.07) is 22.4. The smallest absolute Gasteiger partial charge is 0.223 e. The van der Waals surface area contributed by atoms with Crippen molar-refractivity contribution < 1.29 is 13.9 Å². The van der Waals surface area contributed by atoms with Crippen LogP contribution in [0.15, 0.2) is 85.5 Å². The number of ether oxygens (including phenoxy) is 1. The first-order valence-corrected chi connectivity index (χ1v) is 11.9. The Morgan fingerprint density at radius 1 is 1.06 bits per heavy atom. The molecule has 1 aromatic heterocycles. The third kappa shape index (κ3) is 4.97. The van der Waals surface area contributed by atoms with Gasteiger partial charge < -0.3 is 14.2 Å². The van der Waals surface area contributed by atoms with Gasteiger partial charge in [-0.3, -0.25) is 4.79 Å². The zero-order chi connectivity index (χ0) is 24.2. The van der Waals surface area contributed by atoms with E-state index in [4.69, 9.17) is 9.72 Å². The number of aromatic nitrogens is 2. The maximum Gasteiger partial charge on any atom is 0.223 e. The number of carbonyl (C=O) groups excluding carboxylic acids is 1. The fourth-order valence-corrected chi connectivity index (χ4v) is 4.76. The van der Waals surface area contributed by atoms with Crippen LogP contribution < -0.4 is 4.74 Å². The number of nitrogens with zero attached hydrogens (tertiary/aromatic N) is 3. The Kier molecular flexibility index (Phi) is 6.62. The van der Waals surface area contributed by atoms with Crippen LogP contribution in [-0.4, -0.2) is 33.5 Å². The van der Waals surface area contributed by atoms with Gasteiger partial charge in [-0.05, 0) is 47.9 Å². The molecule has 0 bridgehead atoms. The average molecular weight is 470 g/mol. The number of imidazole rings is 1. The molecule has 0 unspecified atom stereocenters. The normalized spacial score (nSPS) is 15.6. The first kappa shape index (κ1) is 22.8. The number of fused-ring (bicyclic) bond motifs is 1. The molecule has 1 fully saturated rings. The number of likely N-dealkylation sites (tertiary alicyclic amines) is 1. The summed E-state index contributed by atoms with van der Waals surface area (Å²) in [5.74, 6) is 1.57. The molecule has 6 heteroatoms. The minimum Gasteiger partial charge on any atom is -0.491 e. The zero-order valence-electron chi connectivity index (χ0n) is 19.6. The van der Waals surface area contributed by atoms with Gasteiger partial charge in [0.2, 0.25) is 5.91 Å². The molecule has 5 rings (SSSR count). The van der Waals surface area contributed by atoms with E-state index in [2.05, 4.69) is 23.3 Å². The Balaban J connectivity index is 1.35. The molecule has 178 valence electrons. The number of para-hydroxylation sites is 3. The predicted octanol–water partition coefficient (Wildman–Crippen LogP) is 5.50. The lowest BCUT2D eigenvalue weighted by molar-refractivity contribution is -0.128. The lowest BCUT2D eigenvalue weighted by Gasteiger charge is -2.18. The van der Waals surface area contributed by atoms with Crippen LogP contribution >= 0.6 is 0 Å². The number of hydrogen-bond acceptors (Lipinski definition) is 3. The van der Waals surface area contributed by atoms with Gasteiger partial charge >= 0.3 is 0 Å². The first-order chi connectivity index (χ1) is 17.1. The van der Waals surface area contributed by atoms with Crippen molar-refractivity contribution >= 4 is 16.9 Å². The number of carbonyl (C=O) groups is 1. The van der Waals surface area contributed by atoms with E-state index in [0.717, 1.165) is 40.2 Å². The molecule has 5 nitrogen and oxygen atoms in total. The molecule has 0 saturated carbocycles. The van der Waals surface area contributed by atoms with E-state index in [1.807, 2.05) is 47.4 Å². The van der Waals surface area contributed by atoms with Gasteiger partial charge in [0.15, 0.2) is 0 Å². The number of allylic oxidation sites excluding steroid dienone is 1. The third-order valence-electron chi connectivity index (χ3n) is 6.46. The van der Waals surface area contributed by atoms with Gasteiger partial charge in [0, 0.05) is 25.4 Å². The molecule has 0 aliphatic carbocycles. The van der Waals surface area contributed by atoms with Crippen LogP contribution in [0.4, 0.5) is 4.39 Å². The predicted molar refractivity (Wildman–Crippen MR) is 135 cm³/mol. The molecule has 3 aromatic carbocycles. The van der Waals surface area contributed by atoms with Gasteiger partial charge in [0.1, 0.15) is 24.0 Å². The van der Waals surface area contributed by atoms with Crippen molar-refractivity contribution in [3.05, 3.63) is 108 Å². The van der Waals surface area contributed by atoms with E-state index in [1.54, 1.807) is 12.1 Å². The van der Waals surface area contributed by atoms with Crippen LogP contribution in [-0.2, 0) is 24.3 Å². The molecule has 1 aliphatic heterocycles. The molecule has 1 amide bonds. The lowest BCUT2D eigenvalue weighted by atomic mass is 10.1. The number of benzene rings is 3. The zero-order valence-corrected chi connectivity index (χ0v) is 19.6. The standard InChI is InChI=1S/C29H28FN3O2/c1-2-7-22-8-3-6-11-27(22)35-17-16-33-26-10-5-4-9-25(26)31-29(33)23-18-28(34)32(20-23)19-21-12-14-24(30)15-13-21/h2-6,8-15,23H,1,7,16-20H2/t23-/m1/s1. The summed E-state index contributed by atoms with van der Waals surface area (Å²) in [5.41, 5.74) is 3.98. The van der Waals surface area contributed by atoms with Crippen LogP contribution in [0, 0.1) is 5.82 Å². The summed E-state index contributed by atoms with van der Waals surface area (Å²) in [6.45, 7) is 6.00. The molecule has 1 atom stereocenters. The van der Waals surface area contributed by atoms with Crippen LogP contribution in [0.5, 0.6) is 5.75 Å². The second-order valence-electron chi connectivity index (χ2n) is 8.86. The Labute approximate surface area is 204 Å². The molecule has 0 radical (unpaired) electrons. The summed E-state index contributed by atoms with van der Waals surface area (Å²) in [5, 5.41) is 0. The highest BCUT2D eigenvalue weighted by atomic mass is 19.1. The highest BCUT2D eigenvalue weighted by Crippen LogP contribution is 2.31. The van der Waals surface area contributed by atoms with E-state index in [0.29, 0.717) is 32.7 Å². The van der Waals surface area contributed by atoms with Crippen LogP contribution in [0.2, 0.25) is 0 Å². The first-order valence-electron chi connectivity index (χ1n) is 11.9. The summed E-state index contributed by atoms with van der Waals surface area (Å²) in [4.78, 5) is 19.6. The molecule has 4 aromatic rings. The quantitative estimate of drug-likeness (QED) is 0.304. The summed E-state index contributed by atoms with van der Waals surface area (Å²) in [6.07, 6.45) is 3.04. The Hall–Kier alpha value is -3.93. The minimum absolute atomic E-state index is 0.0107. The van der Waals surface area contributed by atoms with Gasteiger partial charge in [-0.2, -0.15) is 0 Å². The van der Waals surface area contributed by atoms with Gasteiger partial charge in [0.05, 0.1) is 17.6 Å². The van der Waals surface area contributed by atoms with E-state index in [1.165, 1.54) is 12.1 Å². The van der Waals surface area contributed by atoms with E-state index in [9.17, 15) is 9.18 Å². The molecule has 1 saturated heterocycles. The number of rotatable bonds is 9. The Morgan fingerprint density at radius 2 is 1.83 bits per heavy atom. The molecule has 2 heterocycles. The fourth-order valence-electron chi connectivity index (χ4n) is 4.76. The van der Waals surface area contributed by atoms with Crippen molar-refractivity contribution in [2.24, 2.45) is 0 Å². The van der Waals surface area contributed by atoms with Crippen LogP contribution in [0.25, 0.3) is 11.0 Å². The van der Waals surface area contributed by atoms with Crippen molar-refractivity contribution in [2.75, 3.05) is 13.2 Å². The van der Waals surface area contributed by atoms with Crippen molar-refractivity contribution in [2.45, 2.75) is 31.8 Å². The largest absolute Gasteiger partial charge is 0.491 e. The Morgan fingerprint density at radius 3 is 2.66 bits per heavy atom. The SMILES string of the molecule is C=CCc1ccccc1OCCn1c([C@@H]2CC(=O)N(Cc3ccc(F)cc3)C2)nc2ccccc21. The van der Waals surface area contributed by atoms with Crippen molar-refractivity contribution in [3.63, 3.8) is 0 Å². The van der Waals surface area contributed by atoms with E-state index in [-0.39, 0.29) is 17.6 Å². The summed E-state index contributed by atoms with van der Waals surface area (Å²) < 4.78 is 21.6. The van der Waals surface area contributed by atoms with Gasteiger partial charge in [-0.15, -0.1) is 6.58 Å². The van der Waals surface area contributed by atoms with Crippen molar-refractivity contribution in [1.29, 1.82) is 0 Å². The summed E-state index contributed by atoms with van der Waals surface area (Å²) in [7, 11) is 0. The van der Waals surface area contributed by atoms with E-state index < -0.39 is 0 Å². The minimum atomic E-state index is -0.276. The lowest BCUT2D eigenvalue weighted by Crippen LogP contribution is -2.24. The van der Waals surface area contributed by atoms with Crippen molar-refractivity contribution in [1.82, 2.24) is 14.5 Å². The highest BCUT2D eigenvalue weighted by Gasteiger charge is 2.34. The van der Waals surface area contributed by atoms with Crippen molar-refractivity contribution in [3.8, 4) is 5.75 Å². The Bertz CT molecular complexity index is 1350. The number of hydrogen-bond donors (Lipinski definition) is 0. The van der Waals surface area contributed by atoms with Crippen LogP contribution in [0.3, 0.4) is 0 Å². The number of halogens is 1. The molecule has 35 heavy (non-hydrogen) atoms. The maximum absolute atomic E-state index is 13.3.